The van der Waals surface area contributed by atoms with Gasteiger partial charge in [0.15, 0.2) is 0 Å². The molecule has 1 heterocycles. The maximum absolute atomic E-state index is 6.03. The number of nitrogens with one attached hydrogen (secondary N) is 1. The molecule has 0 aliphatic rings. The Kier molecular flexibility index (Phi) is 3.29. The number of nitrogen functional groups attached to an aromatic ring is 1. The van der Waals surface area contributed by atoms with Crippen LogP contribution in [0, 0.1) is 0 Å². The molecule has 5 aromatic rings. The SMILES string of the molecule is Nc1ccc2[nH]c3c(-c4ccccc4)c(-c4ccccc4)ccc3c2c1. The fraction of sp³-hybridized carbons (Fsp3) is 0. The summed E-state index contributed by atoms with van der Waals surface area (Å²) in [4.78, 5) is 3.63. The average Bonchev–Trinajstić information content (AvgIpc) is 3.06. The van der Waals surface area contributed by atoms with Crippen LogP contribution in [-0.4, -0.2) is 4.98 Å². The van der Waals surface area contributed by atoms with Gasteiger partial charge in [0.2, 0.25) is 0 Å². The molecule has 3 N–H and O–H groups in total. The third-order valence-corrected chi connectivity index (χ3v) is 4.95. The van der Waals surface area contributed by atoms with Crippen molar-refractivity contribution in [3.63, 3.8) is 0 Å². The van der Waals surface area contributed by atoms with Crippen LogP contribution in [0.25, 0.3) is 44.1 Å². The quantitative estimate of drug-likeness (QED) is 0.369. The second-order valence-electron chi connectivity index (χ2n) is 6.57. The normalized spacial score (nSPS) is 11.2. The van der Waals surface area contributed by atoms with Gasteiger partial charge in [-0.15, -0.1) is 0 Å². The number of benzene rings is 4. The summed E-state index contributed by atoms with van der Waals surface area (Å²) in [5, 5.41) is 2.36. The highest BCUT2D eigenvalue weighted by Crippen LogP contribution is 2.40. The topological polar surface area (TPSA) is 41.8 Å². The van der Waals surface area contributed by atoms with E-state index in [-0.39, 0.29) is 0 Å². The van der Waals surface area contributed by atoms with E-state index in [4.69, 9.17) is 5.73 Å². The smallest absolute Gasteiger partial charge is 0.0550 e. The standard InChI is InChI=1S/C24H18N2/c25-18-11-14-22-21(15-18)20-13-12-19(16-7-3-1-4-8-16)23(24(20)26-22)17-9-5-2-6-10-17/h1-15,26H,25H2. The predicted molar refractivity (Wildman–Crippen MR) is 111 cm³/mol. The minimum atomic E-state index is 0.784. The van der Waals surface area contributed by atoms with Crippen molar-refractivity contribution in [2.45, 2.75) is 0 Å². The summed E-state index contributed by atoms with van der Waals surface area (Å²) in [5.74, 6) is 0. The molecule has 0 saturated heterocycles. The zero-order valence-corrected chi connectivity index (χ0v) is 14.2. The van der Waals surface area contributed by atoms with Crippen molar-refractivity contribution in [2.75, 3.05) is 5.73 Å². The lowest BCUT2D eigenvalue weighted by atomic mass is 9.92. The van der Waals surface area contributed by atoms with Gasteiger partial charge in [-0.25, -0.2) is 0 Å². The molecule has 0 saturated carbocycles. The van der Waals surface area contributed by atoms with E-state index in [0.29, 0.717) is 0 Å². The summed E-state index contributed by atoms with van der Waals surface area (Å²) in [6.07, 6.45) is 0. The van der Waals surface area contributed by atoms with E-state index in [1.165, 1.54) is 27.6 Å². The van der Waals surface area contributed by atoms with Gasteiger partial charge in [0.25, 0.3) is 0 Å². The van der Waals surface area contributed by atoms with Crippen LogP contribution in [0.1, 0.15) is 0 Å². The summed E-state index contributed by atoms with van der Waals surface area (Å²) in [5.41, 5.74) is 13.9. The fourth-order valence-electron chi connectivity index (χ4n) is 3.75. The number of hydrogen-bond donors (Lipinski definition) is 2. The zero-order chi connectivity index (χ0) is 17.5. The first kappa shape index (κ1) is 14.8. The van der Waals surface area contributed by atoms with Crippen molar-refractivity contribution in [1.29, 1.82) is 0 Å². The molecule has 5 rings (SSSR count). The Bertz CT molecular complexity index is 1220. The second kappa shape index (κ2) is 5.78. The third-order valence-electron chi connectivity index (χ3n) is 4.95. The van der Waals surface area contributed by atoms with E-state index in [9.17, 15) is 0 Å². The average molecular weight is 334 g/mol. The fourth-order valence-corrected chi connectivity index (χ4v) is 3.75. The molecule has 0 radical (unpaired) electrons. The molecule has 124 valence electrons. The van der Waals surface area contributed by atoms with Gasteiger partial charge in [0.1, 0.15) is 0 Å². The van der Waals surface area contributed by atoms with Crippen molar-refractivity contribution in [2.24, 2.45) is 0 Å². The summed E-state index contributed by atoms with van der Waals surface area (Å²) in [6.45, 7) is 0. The van der Waals surface area contributed by atoms with Crippen molar-refractivity contribution in [3.05, 3.63) is 91.0 Å². The molecule has 1 aromatic heterocycles. The van der Waals surface area contributed by atoms with Gasteiger partial charge in [0.05, 0.1) is 5.52 Å². The molecular formula is C24H18N2. The molecule has 0 atom stereocenters. The van der Waals surface area contributed by atoms with Crippen molar-refractivity contribution in [3.8, 4) is 22.3 Å². The molecule has 0 amide bonds. The molecule has 0 aliphatic heterocycles. The monoisotopic (exact) mass is 334 g/mol. The Morgan fingerprint density at radius 2 is 1.31 bits per heavy atom. The van der Waals surface area contributed by atoms with Gasteiger partial charge in [0, 0.05) is 27.5 Å². The van der Waals surface area contributed by atoms with Gasteiger partial charge in [-0.3, -0.25) is 0 Å². The first-order valence-corrected chi connectivity index (χ1v) is 8.76. The summed E-state index contributed by atoms with van der Waals surface area (Å²) in [6, 6.07) is 31.6. The number of anilines is 1. The predicted octanol–water partition coefficient (Wildman–Crippen LogP) is 6.24. The van der Waals surface area contributed by atoms with Gasteiger partial charge in [-0.05, 0) is 34.9 Å². The third kappa shape index (κ3) is 2.27. The molecule has 0 bridgehead atoms. The number of fused-ring (bicyclic) bond motifs is 3. The van der Waals surface area contributed by atoms with Crippen LogP contribution in [0.3, 0.4) is 0 Å². The summed E-state index contributed by atoms with van der Waals surface area (Å²) < 4.78 is 0. The van der Waals surface area contributed by atoms with E-state index < -0.39 is 0 Å². The lowest BCUT2D eigenvalue weighted by molar-refractivity contribution is 1.53. The van der Waals surface area contributed by atoms with Crippen LogP contribution in [-0.2, 0) is 0 Å². The maximum atomic E-state index is 6.03. The maximum Gasteiger partial charge on any atom is 0.0550 e. The molecule has 26 heavy (non-hydrogen) atoms. The Hall–Kier alpha value is -3.52. The van der Waals surface area contributed by atoms with Gasteiger partial charge >= 0.3 is 0 Å². The Labute approximate surface area is 151 Å². The minimum absolute atomic E-state index is 0.784. The van der Waals surface area contributed by atoms with Crippen LogP contribution < -0.4 is 5.73 Å². The first-order valence-electron chi connectivity index (χ1n) is 8.76. The number of aromatic nitrogens is 1. The van der Waals surface area contributed by atoms with E-state index >= 15 is 0 Å². The first-order chi connectivity index (χ1) is 12.8. The van der Waals surface area contributed by atoms with Crippen molar-refractivity contribution >= 4 is 27.5 Å². The summed E-state index contributed by atoms with van der Waals surface area (Å²) >= 11 is 0. The van der Waals surface area contributed by atoms with E-state index in [2.05, 4.69) is 83.8 Å². The molecule has 2 heteroatoms. The highest BCUT2D eigenvalue weighted by molar-refractivity contribution is 6.15. The molecule has 0 spiro atoms. The Morgan fingerprint density at radius 1 is 0.615 bits per heavy atom. The molecule has 0 unspecified atom stereocenters. The molecule has 0 fully saturated rings. The second-order valence-corrected chi connectivity index (χ2v) is 6.57. The Morgan fingerprint density at radius 3 is 2.04 bits per heavy atom. The number of H-pyrrole nitrogens is 1. The van der Waals surface area contributed by atoms with Gasteiger partial charge in [-0.1, -0.05) is 72.8 Å². The number of nitrogens with two attached hydrogens (primary N) is 1. The lowest BCUT2D eigenvalue weighted by Gasteiger charge is -2.12. The molecular weight excluding hydrogens is 316 g/mol. The van der Waals surface area contributed by atoms with Crippen LogP contribution in [0.4, 0.5) is 5.69 Å². The van der Waals surface area contributed by atoms with E-state index in [1.807, 2.05) is 12.1 Å². The van der Waals surface area contributed by atoms with Gasteiger partial charge in [-0.2, -0.15) is 0 Å². The molecule has 2 nitrogen and oxygen atoms in total. The van der Waals surface area contributed by atoms with E-state index in [0.717, 1.165) is 22.1 Å². The lowest BCUT2D eigenvalue weighted by Crippen LogP contribution is -1.87. The zero-order valence-electron chi connectivity index (χ0n) is 14.2. The van der Waals surface area contributed by atoms with Crippen molar-refractivity contribution < 1.29 is 0 Å². The number of hydrogen-bond acceptors (Lipinski definition) is 1. The van der Waals surface area contributed by atoms with Gasteiger partial charge < -0.3 is 10.7 Å². The number of rotatable bonds is 2. The molecule has 0 aliphatic carbocycles. The van der Waals surface area contributed by atoms with Crippen LogP contribution in [0.15, 0.2) is 91.0 Å². The highest BCUT2D eigenvalue weighted by Gasteiger charge is 2.15. The Balaban J connectivity index is 1.93. The highest BCUT2D eigenvalue weighted by atomic mass is 14.7. The summed E-state index contributed by atoms with van der Waals surface area (Å²) in [7, 11) is 0. The van der Waals surface area contributed by atoms with E-state index in [1.54, 1.807) is 0 Å². The van der Waals surface area contributed by atoms with Crippen LogP contribution >= 0.6 is 0 Å². The van der Waals surface area contributed by atoms with Crippen molar-refractivity contribution in [1.82, 2.24) is 4.98 Å². The molecule has 4 aromatic carbocycles. The van der Waals surface area contributed by atoms with Crippen LogP contribution in [0.5, 0.6) is 0 Å². The van der Waals surface area contributed by atoms with Crippen LogP contribution in [0.2, 0.25) is 0 Å². The largest absolute Gasteiger partial charge is 0.399 e. The minimum Gasteiger partial charge on any atom is -0.399 e. The number of aromatic amines is 1.